The van der Waals surface area contributed by atoms with Gasteiger partial charge in [0.15, 0.2) is 7.14 Å². The van der Waals surface area contributed by atoms with Crippen molar-refractivity contribution in [2.75, 3.05) is 0 Å². The second kappa shape index (κ2) is 6.78. The molecule has 0 spiro atoms. The first-order valence-corrected chi connectivity index (χ1v) is 10.2. The van der Waals surface area contributed by atoms with E-state index in [0.29, 0.717) is 0 Å². The Morgan fingerprint density at radius 3 is 1.69 bits per heavy atom. The molecule has 0 fully saturated rings. The van der Waals surface area contributed by atoms with Crippen LogP contribution in [0.4, 0.5) is 0 Å². The summed E-state index contributed by atoms with van der Waals surface area (Å²) in [6.07, 6.45) is 1.91. The smallest absolute Gasteiger partial charge is 0.174 e. The van der Waals surface area contributed by atoms with Crippen molar-refractivity contribution in [3.63, 3.8) is 0 Å². The van der Waals surface area contributed by atoms with Crippen molar-refractivity contribution in [3.05, 3.63) is 103 Å². The molecule has 3 nitrogen and oxygen atoms in total. The van der Waals surface area contributed by atoms with E-state index in [4.69, 9.17) is 0 Å². The Balaban J connectivity index is 1.94. The summed E-state index contributed by atoms with van der Waals surface area (Å²) < 4.78 is 16.2. The fourth-order valence-electron chi connectivity index (χ4n) is 3.18. The molecule has 0 aliphatic rings. The van der Waals surface area contributed by atoms with E-state index in [-0.39, 0.29) is 0 Å². The Kier molecular flexibility index (Phi) is 4.32. The molecule has 1 heterocycles. The van der Waals surface area contributed by atoms with Crippen LogP contribution in [0, 0.1) is 6.92 Å². The monoisotopic (exact) mass is 358 g/mol. The quantitative estimate of drug-likeness (QED) is 0.520. The Labute approximate surface area is 153 Å². The van der Waals surface area contributed by atoms with Gasteiger partial charge in [0, 0.05) is 16.8 Å². The van der Waals surface area contributed by atoms with Crippen molar-refractivity contribution in [2.45, 2.75) is 6.92 Å². The molecule has 4 aromatic rings. The molecule has 0 bridgehead atoms. The number of benzene rings is 3. The first-order valence-electron chi connectivity index (χ1n) is 8.53. The van der Waals surface area contributed by atoms with Gasteiger partial charge in [0.2, 0.25) is 0 Å². The average molecular weight is 358 g/mol. The predicted octanol–water partition coefficient (Wildman–Crippen LogP) is 3.82. The predicted molar refractivity (Wildman–Crippen MR) is 108 cm³/mol. The van der Waals surface area contributed by atoms with E-state index in [0.717, 1.165) is 27.3 Å². The molecule has 0 aliphatic carbocycles. The van der Waals surface area contributed by atoms with E-state index in [1.807, 2.05) is 109 Å². The molecular weight excluding hydrogens is 339 g/mol. The summed E-state index contributed by atoms with van der Waals surface area (Å²) in [5.74, 6) is 0. The summed E-state index contributed by atoms with van der Waals surface area (Å²) in [5, 5.41) is 7.06. The van der Waals surface area contributed by atoms with E-state index in [1.165, 1.54) is 0 Å². The normalized spacial score (nSPS) is 11.4. The van der Waals surface area contributed by atoms with Gasteiger partial charge in [0.05, 0.1) is 16.7 Å². The molecule has 0 N–H and O–H groups in total. The van der Waals surface area contributed by atoms with E-state index in [9.17, 15) is 4.57 Å². The van der Waals surface area contributed by atoms with Crippen molar-refractivity contribution in [1.29, 1.82) is 0 Å². The fourth-order valence-corrected chi connectivity index (χ4v) is 5.99. The van der Waals surface area contributed by atoms with Gasteiger partial charge in [-0.2, -0.15) is 5.10 Å². The SMILES string of the molecule is Cc1nn(-c2ccccc2)cc1P(=O)(c1ccccc1)c1ccccc1. The van der Waals surface area contributed by atoms with Crippen LogP contribution in [0.1, 0.15) is 5.69 Å². The second-order valence-electron chi connectivity index (χ2n) is 6.16. The molecule has 0 radical (unpaired) electrons. The summed E-state index contributed by atoms with van der Waals surface area (Å²) >= 11 is 0. The molecule has 4 rings (SSSR count). The van der Waals surface area contributed by atoms with E-state index < -0.39 is 7.14 Å². The molecule has 3 aromatic carbocycles. The number of rotatable bonds is 4. The fraction of sp³-hybridized carbons (Fsp3) is 0.0455. The molecule has 0 saturated heterocycles. The zero-order valence-corrected chi connectivity index (χ0v) is 15.4. The minimum absolute atomic E-state index is 0.777. The van der Waals surface area contributed by atoms with Gasteiger partial charge in [-0.25, -0.2) is 4.68 Å². The lowest BCUT2D eigenvalue weighted by Gasteiger charge is -2.18. The third-order valence-electron chi connectivity index (χ3n) is 4.47. The third kappa shape index (κ3) is 2.81. The number of aromatic nitrogens is 2. The van der Waals surface area contributed by atoms with Crippen molar-refractivity contribution in [1.82, 2.24) is 9.78 Å². The van der Waals surface area contributed by atoms with Crippen LogP contribution in [0.5, 0.6) is 0 Å². The maximum atomic E-state index is 14.4. The van der Waals surface area contributed by atoms with Gasteiger partial charge >= 0.3 is 0 Å². The summed E-state index contributed by atoms with van der Waals surface area (Å²) in [7, 11) is -3.00. The number of hydrogen-bond donors (Lipinski definition) is 0. The summed E-state index contributed by atoms with van der Waals surface area (Å²) in [5.41, 5.74) is 1.74. The zero-order valence-electron chi connectivity index (χ0n) is 14.5. The number of aryl methyl sites for hydroxylation is 1. The van der Waals surface area contributed by atoms with Crippen LogP contribution in [-0.2, 0) is 4.57 Å². The summed E-state index contributed by atoms with van der Waals surface area (Å²) in [4.78, 5) is 0. The largest absolute Gasteiger partial charge is 0.309 e. The Morgan fingerprint density at radius 1 is 0.731 bits per heavy atom. The topological polar surface area (TPSA) is 34.9 Å². The molecule has 0 saturated carbocycles. The van der Waals surface area contributed by atoms with Crippen molar-refractivity contribution < 1.29 is 4.57 Å². The maximum Gasteiger partial charge on any atom is 0.174 e. The van der Waals surface area contributed by atoms with Crippen LogP contribution in [0.15, 0.2) is 97.2 Å². The number of nitrogens with zero attached hydrogens (tertiary/aromatic N) is 2. The van der Waals surface area contributed by atoms with Crippen LogP contribution >= 0.6 is 7.14 Å². The molecule has 0 aliphatic heterocycles. The Bertz CT molecular complexity index is 1010. The van der Waals surface area contributed by atoms with E-state index >= 15 is 0 Å². The van der Waals surface area contributed by atoms with Gasteiger partial charge in [-0.15, -0.1) is 0 Å². The number of para-hydroxylation sites is 1. The molecule has 128 valence electrons. The van der Waals surface area contributed by atoms with E-state index in [1.54, 1.807) is 0 Å². The van der Waals surface area contributed by atoms with Gasteiger partial charge in [-0.1, -0.05) is 78.9 Å². The van der Waals surface area contributed by atoms with Crippen LogP contribution in [0.2, 0.25) is 0 Å². The van der Waals surface area contributed by atoms with Gasteiger partial charge in [0.1, 0.15) is 0 Å². The average Bonchev–Trinajstić information content (AvgIpc) is 3.11. The highest BCUT2D eigenvalue weighted by Gasteiger charge is 2.33. The van der Waals surface area contributed by atoms with Gasteiger partial charge in [-0.05, 0) is 19.1 Å². The van der Waals surface area contributed by atoms with Crippen LogP contribution in [0.25, 0.3) is 5.69 Å². The van der Waals surface area contributed by atoms with Gasteiger partial charge < -0.3 is 4.57 Å². The maximum absolute atomic E-state index is 14.4. The lowest BCUT2D eigenvalue weighted by Crippen LogP contribution is -2.25. The highest BCUT2D eigenvalue weighted by molar-refractivity contribution is 7.85. The molecule has 1 aromatic heterocycles. The van der Waals surface area contributed by atoms with Crippen LogP contribution in [0.3, 0.4) is 0 Å². The standard InChI is InChI=1S/C22H19N2OP/c1-18-22(17-24(23-18)19-11-5-2-6-12-19)26(25,20-13-7-3-8-14-20)21-15-9-4-10-16-21/h2-17H,1H3. The Morgan fingerprint density at radius 2 is 1.19 bits per heavy atom. The van der Waals surface area contributed by atoms with Gasteiger partial charge in [-0.3, -0.25) is 0 Å². The second-order valence-corrected chi connectivity index (χ2v) is 8.89. The van der Waals surface area contributed by atoms with E-state index in [2.05, 4.69) is 5.10 Å². The summed E-state index contributed by atoms with van der Waals surface area (Å²) in [6.45, 7) is 1.92. The minimum atomic E-state index is -3.00. The highest BCUT2D eigenvalue weighted by Crippen LogP contribution is 2.43. The zero-order chi connectivity index (χ0) is 18.0. The lowest BCUT2D eigenvalue weighted by atomic mass is 10.3. The minimum Gasteiger partial charge on any atom is -0.309 e. The third-order valence-corrected chi connectivity index (χ3v) is 7.64. The molecule has 4 heteroatoms. The molecular formula is C22H19N2OP. The Hall–Kier alpha value is -2.90. The molecule has 0 unspecified atom stereocenters. The van der Waals surface area contributed by atoms with Crippen LogP contribution < -0.4 is 15.9 Å². The summed E-state index contributed by atoms with van der Waals surface area (Å²) in [6, 6.07) is 29.3. The first-order chi connectivity index (χ1) is 12.7. The van der Waals surface area contributed by atoms with Gasteiger partial charge in [0.25, 0.3) is 0 Å². The lowest BCUT2D eigenvalue weighted by molar-refractivity contribution is 0.592. The highest BCUT2D eigenvalue weighted by atomic mass is 31.2. The molecule has 0 atom stereocenters. The van der Waals surface area contributed by atoms with Crippen molar-refractivity contribution in [3.8, 4) is 5.69 Å². The van der Waals surface area contributed by atoms with Crippen molar-refractivity contribution >= 4 is 23.1 Å². The molecule has 0 amide bonds. The number of hydrogen-bond acceptors (Lipinski definition) is 2. The molecule has 26 heavy (non-hydrogen) atoms. The van der Waals surface area contributed by atoms with Crippen LogP contribution in [-0.4, -0.2) is 9.78 Å². The first kappa shape index (κ1) is 16.6. The van der Waals surface area contributed by atoms with Crippen molar-refractivity contribution in [2.24, 2.45) is 0 Å².